The van der Waals surface area contributed by atoms with Gasteiger partial charge in [-0.05, 0) is 24.3 Å². The summed E-state index contributed by atoms with van der Waals surface area (Å²) in [4.78, 5) is 22.4. The standard InChI is InChI=1S/C13H14F3N3O2/c1-2-7-17-12(21)19-10-5-3-9(4-6-10)18-11(20)8-13(14,15)16/h2-6H,1,7-8H2,(H,18,20)(H2,17,19,21). The molecule has 0 fully saturated rings. The number of urea groups is 1. The summed E-state index contributed by atoms with van der Waals surface area (Å²) in [7, 11) is 0. The van der Waals surface area contributed by atoms with Gasteiger partial charge >= 0.3 is 12.2 Å². The Morgan fingerprint density at radius 1 is 1.10 bits per heavy atom. The summed E-state index contributed by atoms with van der Waals surface area (Å²) in [5.41, 5.74) is 0.645. The van der Waals surface area contributed by atoms with Gasteiger partial charge in [-0.2, -0.15) is 13.2 Å². The second-order valence-corrected chi connectivity index (χ2v) is 4.04. The van der Waals surface area contributed by atoms with Crippen molar-refractivity contribution in [2.75, 3.05) is 17.2 Å². The number of hydrogen-bond acceptors (Lipinski definition) is 2. The summed E-state index contributed by atoms with van der Waals surface area (Å²) in [6, 6.07) is 5.24. The molecule has 0 aliphatic carbocycles. The molecule has 21 heavy (non-hydrogen) atoms. The van der Waals surface area contributed by atoms with E-state index in [-0.39, 0.29) is 5.69 Å². The van der Waals surface area contributed by atoms with E-state index in [4.69, 9.17) is 0 Å². The molecule has 3 N–H and O–H groups in total. The van der Waals surface area contributed by atoms with E-state index in [1.807, 2.05) is 0 Å². The van der Waals surface area contributed by atoms with Crippen LogP contribution in [0.2, 0.25) is 0 Å². The van der Waals surface area contributed by atoms with Gasteiger partial charge in [0.05, 0.1) is 0 Å². The smallest absolute Gasteiger partial charge is 0.334 e. The summed E-state index contributed by atoms with van der Waals surface area (Å²) in [6.07, 6.45) is -4.58. The average Bonchev–Trinajstić information content (AvgIpc) is 2.36. The first-order chi connectivity index (χ1) is 9.80. The van der Waals surface area contributed by atoms with Crippen LogP contribution >= 0.6 is 0 Å². The van der Waals surface area contributed by atoms with E-state index >= 15 is 0 Å². The van der Waals surface area contributed by atoms with Crippen molar-refractivity contribution in [3.05, 3.63) is 36.9 Å². The third-order valence-corrected chi connectivity index (χ3v) is 2.19. The molecule has 1 rings (SSSR count). The Morgan fingerprint density at radius 3 is 2.10 bits per heavy atom. The Kier molecular flexibility index (Phi) is 5.77. The van der Waals surface area contributed by atoms with Crippen molar-refractivity contribution in [2.24, 2.45) is 0 Å². The molecular formula is C13H14F3N3O2. The summed E-state index contributed by atoms with van der Waals surface area (Å²) in [5.74, 6) is -1.15. The molecule has 0 aliphatic heterocycles. The van der Waals surface area contributed by atoms with E-state index in [1.54, 1.807) is 0 Å². The molecule has 114 valence electrons. The zero-order valence-corrected chi connectivity index (χ0v) is 11.0. The highest BCUT2D eigenvalue weighted by atomic mass is 19.4. The Labute approximate surface area is 119 Å². The first kappa shape index (κ1) is 16.5. The maximum absolute atomic E-state index is 12.0. The molecule has 0 atom stereocenters. The second-order valence-electron chi connectivity index (χ2n) is 4.04. The number of nitrogens with one attached hydrogen (secondary N) is 3. The van der Waals surface area contributed by atoms with Gasteiger partial charge in [-0.25, -0.2) is 4.79 Å². The predicted octanol–water partition coefficient (Wildman–Crippen LogP) is 2.89. The van der Waals surface area contributed by atoms with E-state index in [9.17, 15) is 22.8 Å². The predicted molar refractivity (Wildman–Crippen MR) is 73.0 cm³/mol. The number of carbonyl (C=O) groups excluding carboxylic acids is 2. The molecule has 8 heteroatoms. The fourth-order valence-electron chi connectivity index (χ4n) is 1.36. The molecule has 0 radical (unpaired) electrons. The second kappa shape index (κ2) is 7.32. The maximum Gasteiger partial charge on any atom is 0.397 e. The van der Waals surface area contributed by atoms with E-state index in [2.05, 4.69) is 22.5 Å². The molecule has 0 saturated carbocycles. The Bertz CT molecular complexity index is 512. The lowest BCUT2D eigenvalue weighted by Crippen LogP contribution is -2.28. The summed E-state index contributed by atoms with van der Waals surface area (Å²) < 4.78 is 36.0. The van der Waals surface area contributed by atoms with E-state index in [0.717, 1.165) is 0 Å². The van der Waals surface area contributed by atoms with Crippen LogP contribution in [0.3, 0.4) is 0 Å². The van der Waals surface area contributed by atoms with Gasteiger partial charge in [0.25, 0.3) is 0 Å². The third kappa shape index (κ3) is 7.00. The fourth-order valence-corrected chi connectivity index (χ4v) is 1.36. The van der Waals surface area contributed by atoms with Crippen LogP contribution in [-0.4, -0.2) is 24.7 Å². The number of benzene rings is 1. The van der Waals surface area contributed by atoms with Gasteiger partial charge in [-0.15, -0.1) is 6.58 Å². The van der Waals surface area contributed by atoms with Crippen molar-refractivity contribution in [2.45, 2.75) is 12.6 Å². The van der Waals surface area contributed by atoms with Crippen LogP contribution in [0.25, 0.3) is 0 Å². The zero-order valence-electron chi connectivity index (χ0n) is 11.0. The van der Waals surface area contributed by atoms with Crippen molar-refractivity contribution < 1.29 is 22.8 Å². The number of hydrogen-bond donors (Lipinski definition) is 3. The van der Waals surface area contributed by atoms with Crippen LogP contribution in [0.15, 0.2) is 36.9 Å². The van der Waals surface area contributed by atoms with Gasteiger partial charge in [0.2, 0.25) is 5.91 Å². The summed E-state index contributed by atoms with van der Waals surface area (Å²) in [5, 5.41) is 7.11. The highest BCUT2D eigenvalue weighted by Gasteiger charge is 2.31. The Balaban J connectivity index is 2.52. The van der Waals surface area contributed by atoms with Gasteiger partial charge in [-0.3, -0.25) is 4.79 Å². The van der Waals surface area contributed by atoms with Gasteiger partial charge in [0.15, 0.2) is 0 Å². The molecule has 0 aliphatic rings. The number of amides is 3. The van der Waals surface area contributed by atoms with Crippen molar-refractivity contribution >= 4 is 23.3 Å². The lowest BCUT2D eigenvalue weighted by Gasteiger charge is -2.09. The molecule has 1 aromatic carbocycles. The molecule has 0 heterocycles. The van der Waals surface area contributed by atoms with Crippen LogP contribution in [0, 0.1) is 0 Å². The normalized spacial score (nSPS) is 10.6. The van der Waals surface area contributed by atoms with Crippen molar-refractivity contribution in [1.82, 2.24) is 5.32 Å². The lowest BCUT2D eigenvalue weighted by molar-refractivity contribution is -0.150. The molecule has 3 amide bonds. The van der Waals surface area contributed by atoms with Gasteiger partial charge < -0.3 is 16.0 Å². The molecule has 0 bridgehead atoms. The molecule has 0 unspecified atom stereocenters. The first-order valence-electron chi connectivity index (χ1n) is 5.92. The number of halogens is 3. The van der Waals surface area contributed by atoms with E-state index in [1.165, 1.54) is 30.3 Å². The van der Waals surface area contributed by atoms with Crippen LogP contribution in [0.1, 0.15) is 6.42 Å². The number of alkyl halides is 3. The van der Waals surface area contributed by atoms with Crippen molar-refractivity contribution in [3.8, 4) is 0 Å². The SMILES string of the molecule is C=CCNC(=O)Nc1ccc(NC(=O)CC(F)(F)F)cc1. The van der Waals surface area contributed by atoms with Crippen molar-refractivity contribution in [3.63, 3.8) is 0 Å². The summed E-state index contributed by atoms with van der Waals surface area (Å²) in [6.45, 7) is 3.74. The fraction of sp³-hybridized carbons (Fsp3) is 0.231. The summed E-state index contributed by atoms with van der Waals surface area (Å²) >= 11 is 0. The highest BCUT2D eigenvalue weighted by Crippen LogP contribution is 2.21. The minimum atomic E-state index is -4.55. The molecule has 5 nitrogen and oxygen atoms in total. The molecular weight excluding hydrogens is 287 g/mol. The molecule has 0 saturated heterocycles. The maximum atomic E-state index is 12.0. The van der Waals surface area contributed by atoms with Crippen LogP contribution in [0.5, 0.6) is 0 Å². The van der Waals surface area contributed by atoms with E-state index in [0.29, 0.717) is 12.2 Å². The van der Waals surface area contributed by atoms with Gasteiger partial charge in [0, 0.05) is 17.9 Å². The first-order valence-corrected chi connectivity index (χ1v) is 5.92. The Morgan fingerprint density at radius 2 is 1.62 bits per heavy atom. The molecule has 0 aromatic heterocycles. The number of rotatable bonds is 5. The van der Waals surface area contributed by atoms with Gasteiger partial charge in [0.1, 0.15) is 6.42 Å². The van der Waals surface area contributed by atoms with Crippen LogP contribution in [-0.2, 0) is 4.79 Å². The monoisotopic (exact) mass is 301 g/mol. The van der Waals surface area contributed by atoms with Crippen LogP contribution in [0.4, 0.5) is 29.3 Å². The topological polar surface area (TPSA) is 70.2 Å². The van der Waals surface area contributed by atoms with E-state index < -0.39 is 24.5 Å². The molecule has 1 aromatic rings. The highest BCUT2D eigenvalue weighted by molar-refractivity contribution is 5.92. The lowest BCUT2D eigenvalue weighted by atomic mass is 10.2. The Hall–Kier alpha value is -2.51. The quantitative estimate of drug-likeness (QED) is 0.732. The van der Waals surface area contributed by atoms with Crippen LogP contribution < -0.4 is 16.0 Å². The minimum absolute atomic E-state index is 0.210. The minimum Gasteiger partial charge on any atom is -0.334 e. The molecule has 0 spiro atoms. The average molecular weight is 301 g/mol. The zero-order chi connectivity index (χ0) is 15.9. The third-order valence-electron chi connectivity index (χ3n) is 2.19. The van der Waals surface area contributed by atoms with Gasteiger partial charge in [-0.1, -0.05) is 6.08 Å². The number of carbonyl (C=O) groups is 2. The van der Waals surface area contributed by atoms with Crippen molar-refractivity contribution in [1.29, 1.82) is 0 Å². The number of anilines is 2. The largest absolute Gasteiger partial charge is 0.397 e.